The normalized spacial score (nSPS) is 10.7. The van der Waals surface area contributed by atoms with E-state index in [2.05, 4.69) is 12.1 Å². The first kappa shape index (κ1) is 15.8. The van der Waals surface area contributed by atoms with Crippen molar-refractivity contribution in [2.75, 3.05) is 0 Å². The molecule has 118 valence electrons. The van der Waals surface area contributed by atoms with Crippen LogP contribution < -0.4 is 0 Å². The lowest BCUT2D eigenvalue weighted by Crippen LogP contribution is -2.00. The van der Waals surface area contributed by atoms with Crippen LogP contribution in [0.5, 0.6) is 0 Å². The van der Waals surface area contributed by atoms with Crippen LogP contribution in [-0.4, -0.2) is 5.97 Å². The lowest BCUT2D eigenvalue weighted by molar-refractivity contribution is -0.138. The number of hydrogen-bond acceptors (Lipinski definition) is 2. The van der Waals surface area contributed by atoms with Gasteiger partial charge in [-0.15, -0.1) is 0 Å². The molecule has 3 rings (SSSR count). The molecule has 0 fully saturated rings. The van der Waals surface area contributed by atoms with Gasteiger partial charge >= 0.3 is 5.97 Å². The summed E-state index contributed by atoms with van der Waals surface area (Å²) in [6.45, 7) is 0.282. The first-order chi connectivity index (χ1) is 11.8. The zero-order valence-electron chi connectivity index (χ0n) is 13.3. The molecule has 0 spiro atoms. The zero-order chi connectivity index (χ0) is 16.6. The lowest BCUT2D eigenvalue weighted by atomic mass is 9.99. The Labute approximate surface area is 142 Å². The summed E-state index contributed by atoms with van der Waals surface area (Å²) in [6.07, 6.45) is 3.28. The SMILES string of the molecule is O=C(/C=C/c1ccccc1-c1ccccc1)OCc1ccccc1. The fraction of sp³-hybridized carbons (Fsp3) is 0.0455. The van der Waals surface area contributed by atoms with E-state index in [1.807, 2.05) is 72.8 Å². The summed E-state index contributed by atoms with van der Waals surface area (Å²) in [5, 5.41) is 0. The Morgan fingerprint density at radius 2 is 1.42 bits per heavy atom. The second-order valence-electron chi connectivity index (χ2n) is 5.38. The van der Waals surface area contributed by atoms with Crippen LogP contribution in [0, 0.1) is 0 Å². The number of esters is 1. The number of carbonyl (C=O) groups is 1. The van der Waals surface area contributed by atoms with E-state index in [0.29, 0.717) is 0 Å². The number of ether oxygens (including phenoxy) is 1. The van der Waals surface area contributed by atoms with Gasteiger partial charge in [-0.2, -0.15) is 0 Å². The van der Waals surface area contributed by atoms with Gasteiger partial charge in [-0.1, -0.05) is 84.9 Å². The summed E-state index contributed by atoms with van der Waals surface area (Å²) in [5.74, 6) is -0.346. The van der Waals surface area contributed by atoms with Gasteiger partial charge in [0, 0.05) is 6.08 Å². The lowest BCUT2D eigenvalue weighted by Gasteiger charge is -2.06. The van der Waals surface area contributed by atoms with Crippen LogP contribution >= 0.6 is 0 Å². The summed E-state index contributed by atoms with van der Waals surface area (Å²) in [6, 6.07) is 27.7. The first-order valence-electron chi connectivity index (χ1n) is 7.86. The minimum Gasteiger partial charge on any atom is -0.458 e. The molecular weight excluding hydrogens is 296 g/mol. The highest BCUT2D eigenvalue weighted by atomic mass is 16.5. The van der Waals surface area contributed by atoms with Gasteiger partial charge in [0.2, 0.25) is 0 Å². The molecule has 24 heavy (non-hydrogen) atoms. The standard InChI is InChI=1S/C22H18O2/c23-22(24-17-18-9-3-1-4-10-18)16-15-20-13-7-8-14-21(20)19-11-5-2-6-12-19/h1-16H,17H2/b16-15+. The highest BCUT2D eigenvalue weighted by Gasteiger charge is 2.03. The maximum Gasteiger partial charge on any atom is 0.331 e. The molecule has 0 aromatic heterocycles. The van der Waals surface area contributed by atoms with Gasteiger partial charge in [-0.25, -0.2) is 4.79 Å². The van der Waals surface area contributed by atoms with Crippen LogP contribution in [0.4, 0.5) is 0 Å². The number of rotatable bonds is 5. The monoisotopic (exact) mass is 314 g/mol. The largest absolute Gasteiger partial charge is 0.458 e. The van der Waals surface area contributed by atoms with E-state index in [9.17, 15) is 4.79 Å². The summed E-state index contributed by atoms with van der Waals surface area (Å²) in [4.78, 5) is 11.9. The van der Waals surface area contributed by atoms with E-state index in [1.165, 1.54) is 6.08 Å². The van der Waals surface area contributed by atoms with Gasteiger partial charge in [0.1, 0.15) is 6.61 Å². The molecule has 3 aromatic carbocycles. The number of carbonyl (C=O) groups excluding carboxylic acids is 1. The van der Waals surface area contributed by atoms with E-state index >= 15 is 0 Å². The van der Waals surface area contributed by atoms with Crippen molar-refractivity contribution in [2.24, 2.45) is 0 Å². The van der Waals surface area contributed by atoms with Gasteiger partial charge in [-0.05, 0) is 28.3 Å². The fourth-order valence-corrected chi connectivity index (χ4v) is 2.46. The van der Waals surface area contributed by atoms with Crippen LogP contribution in [0.1, 0.15) is 11.1 Å². The summed E-state index contributed by atoms with van der Waals surface area (Å²) < 4.78 is 5.27. The predicted octanol–water partition coefficient (Wildman–Crippen LogP) is 5.11. The van der Waals surface area contributed by atoms with Crippen LogP contribution in [0.3, 0.4) is 0 Å². The third kappa shape index (κ3) is 4.20. The van der Waals surface area contributed by atoms with Crippen molar-refractivity contribution >= 4 is 12.0 Å². The zero-order valence-corrected chi connectivity index (χ0v) is 13.3. The van der Waals surface area contributed by atoms with Gasteiger partial charge in [0.25, 0.3) is 0 Å². The summed E-state index contributed by atoms with van der Waals surface area (Å²) in [7, 11) is 0. The van der Waals surface area contributed by atoms with Crippen LogP contribution in [0.25, 0.3) is 17.2 Å². The van der Waals surface area contributed by atoms with Gasteiger partial charge in [-0.3, -0.25) is 0 Å². The molecule has 0 bridgehead atoms. The second-order valence-corrected chi connectivity index (χ2v) is 5.38. The summed E-state index contributed by atoms with van der Waals surface area (Å²) in [5.41, 5.74) is 4.17. The van der Waals surface area contributed by atoms with E-state index in [4.69, 9.17) is 4.74 Å². The molecular formula is C22H18O2. The molecule has 0 heterocycles. The Morgan fingerprint density at radius 1 is 0.792 bits per heavy atom. The molecule has 0 atom stereocenters. The molecule has 0 N–H and O–H groups in total. The Hall–Kier alpha value is -3.13. The van der Waals surface area contributed by atoms with Crippen LogP contribution in [-0.2, 0) is 16.1 Å². The summed E-state index contributed by atoms with van der Waals surface area (Å²) >= 11 is 0. The molecule has 2 nitrogen and oxygen atoms in total. The number of benzene rings is 3. The van der Waals surface area contributed by atoms with Crippen molar-refractivity contribution < 1.29 is 9.53 Å². The molecule has 3 aromatic rings. The molecule has 2 heteroatoms. The van der Waals surface area contributed by atoms with Crippen molar-refractivity contribution in [2.45, 2.75) is 6.61 Å². The van der Waals surface area contributed by atoms with E-state index in [-0.39, 0.29) is 12.6 Å². The molecule has 0 amide bonds. The van der Waals surface area contributed by atoms with Crippen molar-refractivity contribution in [1.29, 1.82) is 0 Å². The fourth-order valence-electron chi connectivity index (χ4n) is 2.46. The van der Waals surface area contributed by atoms with Gasteiger partial charge in [0.15, 0.2) is 0 Å². The highest BCUT2D eigenvalue weighted by Crippen LogP contribution is 2.24. The quantitative estimate of drug-likeness (QED) is 0.483. The first-order valence-corrected chi connectivity index (χ1v) is 7.86. The maximum absolute atomic E-state index is 11.9. The van der Waals surface area contributed by atoms with E-state index < -0.39 is 0 Å². The molecule has 0 aliphatic carbocycles. The second kappa shape index (κ2) is 7.93. The Bertz CT molecular complexity index is 821. The Balaban J connectivity index is 1.69. The molecule has 0 aliphatic rings. The van der Waals surface area contributed by atoms with Crippen molar-refractivity contribution in [3.8, 4) is 11.1 Å². The smallest absolute Gasteiger partial charge is 0.331 e. The number of hydrogen-bond donors (Lipinski definition) is 0. The Kier molecular flexibility index (Phi) is 5.21. The average Bonchev–Trinajstić information content (AvgIpc) is 2.66. The average molecular weight is 314 g/mol. The third-order valence-electron chi connectivity index (χ3n) is 3.67. The molecule has 0 saturated heterocycles. The van der Waals surface area contributed by atoms with Crippen molar-refractivity contribution in [1.82, 2.24) is 0 Å². The van der Waals surface area contributed by atoms with E-state index in [0.717, 1.165) is 22.3 Å². The molecule has 0 radical (unpaired) electrons. The maximum atomic E-state index is 11.9. The van der Waals surface area contributed by atoms with Crippen LogP contribution in [0.2, 0.25) is 0 Å². The molecule has 0 saturated carbocycles. The highest BCUT2D eigenvalue weighted by molar-refractivity contribution is 5.89. The third-order valence-corrected chi connectivity index (χ3v) is 3.67. The van der Waals surface area contributed by atoms with E-state index in [1.54, 1.807) is 6.08 Å². The predicted molar refractivity (Wildman–Crippen MR) is 97.2 cm³/mol. The Morgan fingerprint density at radius 3 is 2.17 bits per heavy atom. The minimum absolute atomic E-state index is 0.282. The van der Waals surface area contributed by atoms with Crippen LogP contribution in [0.15, 0.2) is 91.0 Å². The molecule has 0 aliphatic heterocycles. The molecule has 0 unspecified atom stereocenters. The van der Waals surface area contributed by atoms with Crippen molar-refractivity contribution in [3.05, 3.63) is 102 Å². The van der Waals surface area contributed by atoms with Crippen molar-refractivity contribution in [3.63, 3.8) is 0 Å². The minimum atomic E-state index is -0.346. The topological polar surface area (TPSA) is 26.3 Å². The van der Waals surface area contributed by atoms with Gasteiger partial charge in [0.05, 0.1) is 0 Å². The van der Waals surface area contributed by atoms with Gasteiger partial charge < -0.3 is 4.74 Å².